The minimum absolute atomic E-state index is 0.103. The van der Waals surface area contributed by atoms with Gasteiger partial charge in [0.05, 0.1) is 11.9 Å². The molecule has 1 aliphatic rings. The number of nitrogens with zero attached hydrogens (tertiary/aromatic N) is 3. The molecule has 5 heteroatoms. The molecule has 1 aliphatic heterocycles. The van der Waals surface area contributed by atoms with E-state index in [-0.39, 0.29) is 16.6 Å². The molecule has 0 saturated carbocycles. The summed E-state index contributed by atoms with van der Waals surface area (Å²) in [7, 11) is 0. The highest BCUT2D eigenvalue weighted by Gasteiger charge is 2.44. The molecule has 130 valence electrons. The fourth-order valence-corrected chi connectivity index (χ4v) is 2.26. The largest absolute Gasteiger partial charge is 0.507 e. The summed E-state index contributed by atoms with van der Waals surface area (Å²) in [6.07, 6.45) is 1.59. The van der Waals surface area contributed by atoms with Crippen LogP contribution in [0.3, 0.4) is 0 Å². The predicted octanol–water partition coefficient (Wildman–Crippen LogP) is 3.98. The molecule has 0 aliphatic carbocycles. The molecule has 1 heterocycles. The number of phenols is 1. The van der Waals surface area contributed by atoms with Gasteiger partial charge in [-0.15, -0.1) is 0 Å². The molecule has 0 bridgehead atoms. The number of aromatic hydroxyl groups is 1. The molecule has 1 aromatic rings. The van der Waals surface area contributed by atoms with Crippen LogP contribution in [0, 0.1) is 10.8 Å². The lowest BCUT2D eigenvalue weighted by atomic mass is 9.82. The Hall–Kier alpha value is -2.17. The molecule has 5 nitrogen and oxygen atoms in total. The third-order valence-electron chi connectivity index (χ3n) is 4.33. The first-order valence-electron chi connectivity index (χ1n) is 8.22. The quantitative estimate of drug-likeness (QED) is 0.637. The van der Waals surface area contributed by atoms with Crippen LogP contribution in [0.1, 0.15) is 54.0 Å². The number of benzene rings is 1. The number of para-hydroxylation sites is 1. The average Bonchev–Trinajstić information content (AvgIpc) is 2.79. The molecule has 0 saturated heterocycles. The molecule has 1 atom stereocenters. The van der Waals surface area contributed by atoms with E-state index in [1.165, 1.54) is 0 Å². The van der Waals surface area contributed by atoms with E-state index in [1.54, 1.807) is 24.4 Å². The zero-order valence-corrected chi connectivity index (χ0v) is 15.7. The van der Waals surface area contributed by atoms with Crippen molar-refractivity contribution in [2.24, 2.45) is 25.9 Å². The molecule has 24 heavy (non-hydrogen) atoms. The molecule has 0 spiro atoms. The van der Waals surface area contributed by atoms with Crippen molar-refractivity contribution < 1.29 is 5.11 Å². The molecule has 0 aromatic heterocycles. The average molecular weight is 328 g/mol. The maximum absolute atomic E-state index is 9.80. The Kier molecular flexibility index (Phi) is 4.57. The zero-order chi connectivity index (χ0) is 18.2. The fourth-order valence-electron chi connectivity index (χ4n) is 2.26. The Bertz CT molecular complexity index is 705. The smallest absolute Gasteiger partial charge is 0.166 e. The summed E-state index contributed by atoms with van der Waals surface area (Å²) in [5.41, 5.74) is 3.81. The lowest BCUT2D eigenvalue weighted by molar-refractivity contribution is 0.224. The summed E-state index contributed by atoms with van der Waals surface area (Å²) in [4.78, 5) is 9.73. The van der Waals surface area contributed by atoms with Gasteiger partial charge in [-0.05, 0) is 19.1 Å². The fraction of sp³-hybridized carbons (Fsp3) is 0.526. The van der Waals surface area contributed by atoms with Crippen LogP contribution in [0.5, 0.6) is 5.75 Å². The van der Waals surface area contributed by atoms with Gasteiger partial charge in [0.1, 0.15) is 5.75 Å². The molecule has 0 fully saturated rings. The second-order valence-electron chi connectivity index (χ2n) is 8.37. The van der Waals surface area contributed by atoms with Gasteiger partial charge < -0.3 is 5.11 Å². The highest BCUT2D eigenvalue weighted by atomic mass is 16.3. The van der Waals surface area contributed by atoms with Crippen molar-refractivity contribution in [3.8, 4) is 5.75 Å². The summed E-state index contributed by atoms with van der Waals surface area (Å²) < 4.78 is 0. The molecule has 2 N–H and O–H groups in total. The van der Waals surface area contributed by atoms with Crippen molar-refractivity contribution in [2.45, 2.75) is 54.1 Å². The minimum atomic E-state index is -0.525. The predicted molar refractivity (Wildman–Crippen MR) is 101 cm³/mol. The van der Waals surface area contributed by atoms with Crippen molar-refractivity contribution in [1.82, 2.24) is 5.43 Å². The Morgan fingerprint density at radius 1 is 1.08 bits per heavy atom. The van der Waals surface area contributed by atoms with E-state index in [2.05, 4.69) is 52.1 Å². The topological polar surface area (TPSA) is 69.3 Å². The number of aliphatic imine (C=N–C) groups is 2. The zero-order valence-electron chi connectivity index (χ0n) is 15.7. The van der Waals surface area contributed by atoms with Crippen molar-refractivity contribution in [1.29, 1.82) is 0 Å². The summed E-state index contributed by atoms with van der Waals surface area (Å²) >= 11 is 0. The summed E-state index contributed by atoms with van der Waals surface area (Å²) in [6.45, 7) is 14.8. The van der Waals surface area contributed by atoms with Gasteiger partial charge in [0.25, 0.3) is 0 Å². The highest BCUT2D eigenvalue weighted by molar-refractivity contribution is 6.44. The van der Waals surface area contributed by atoms with Gasteiger partial charge in [0.2, 0.25) is 0 Å². The van der Waals surface area contributed by atoms with Crippen LogP contribution in [0.4, 0.5) is 0 Å². The summed E-state index contributed by atoms with van der Waals surface area (Å²) in [6, 6.07) is 7.06. The van der Waals surface area contributed by atoms with Crippen LogP contribution in [0.15, 0.2) is 39.4 Å². The van der Waals surface area contributed by atoms with E-state index < -0.39 is 5.66 Å². The van der Waals surface area contributed by atoms with Crippen LogP contribution in [0.25, 0.3) is 0 Å². The van der Waals surface area contributed by atoms with Gasteiger partial charge in [-0.2, -0.15) is 5.10 Å². The number of hydrazone groups is 1. The maximum Gasteiger partial charge on any atom is 0.166 e. The molecular formula is C19H28N4O. The first-order chi connectivity index (χ1) is 10.9. The lowest BCUT2D eigenvalue weighted by Crippen LogP contribution is -2.35. The van der Waals surface area contributed by atoms with E-state index in [0.717, 1.165) is 5.71 Å². The Labute approximate surface area is 144 Å². The monoisotopic (exact) mass is 328 g/mol. The van der Waals surface area contributed by atoms with Gasteiger partial charge in [-0.25, -0.2) is 4.99 Å². The van der Waals surface area contributed by atoms with Crippen LogP contribution >= 0.6 is 0 Å². The first kappa shape index (κ1) is 18.2. The van der Waals surface area contributed by atoms with Crippen molar-refractivity contribution in [2.75, 3.05) is 0 Å². The summed E-state index contributed by atoms with van der Waals surface area (Å²) in [5.74, 6) is 0.882. The highest BCUT2D eigenvalue weighted by Crippen LogP contribution is 2.39. The molecule has 0 amide bonds. The third-order valence-corrected chi connectivity index (χ3v) is 4.33. The molecule has 2 rings (SSSR count). The number of phenolic OH excluding ortho intramolecular Hbond substituents is 1. The SMILES string of the molecule is CC(C)(C)C1=NC(C)(C(C)(C)C)N=C1N/N=C/c1ccccc1O. The van der Waals surface area contributed by atoms with Crippen molar-refractivity contribution >= 4 is 17.8 Å². The van der Waals surface area contributed by atoms with E-state index in [9.17, 15) is 5.11 Å². The second kappa shape index (κ2) is 6.04. The van der Waals surface area contributed by atoms with Crippen LogP contribution in [-0.2, 0) is 0 Å². The van der Waals surface area contributed by atoms with E-state index >= 15 is 0 Å². The van der Waals surface area contributed by atoms with E-state index in [4.69, 9.17) is 9.98 Å². The number of hydrogen-bond acceptors (Lipinski definition) is 5. The number of rotatable bonds is 2. The molecular weight excluding hydrogens is 300 g/mol. The van der Waals surface area contributed by atoms with Crippen molar-refractivity contribution in [3.63, 3.8) is 0 Å². The maximum atomic E-state index is 9.80. The normalized spacial score (nSPS) is 21.8. The summed E-state index contributed by atoms with van der Waals surface area (Å²) in [5, 5.41) is 14.0. The number of nitrogens with one attached hydrogen (secondary N) is 1. The Morgan fingerprint density at radius 2 is 1.71 bits per heavy atom. The Morgan fingerprint density at radius 3 is 2.25 bits per heavy atom. The molecule has 1 aromatic carbocycles. The van der Waals surface area contributed by atoms with E-state index in [1.807, 2.05) is 13.0 Å². The van der Waals surface area contributed by atoms with Gasteiger partial charge >= 0.3 is 0 Å². The second-order valence-corrected chi connectivity index (χ2v) is 8.37. The third kappa shape index (κ3) is 3.66. The Balaban J connectivity index is 2.29. The standard InChI is InChI=1S/C19H28N4O/c1-17(2,3)15-16(22-19(7,21-15)18(4,5)6)23-20-12-13-10-8-9-11-14(13)24/h8-12,24H,1-7H3,(H,22,23)/b20-12+. The number of hydrogen-bond donors (Lipinski definition) is 2. The van der Waals surface area contributed by atoms with Crippen LogP contribution in [0.2, 0.25) is 0 Å². The lowest BCUT2D eigenvalue weighted by Gasteiger charge is -2.33. The van der Waals surface area contributed by atoms with Gasteiger partial charge in [-0.3, -0.25) is 10.4 Å². The van der Waals surface area contributed by atoms with Crippen molar-refractivity contribution in [3.05, 3.63) is 29.8 Å². The molecule has 1 unspecified atom stereocenters. The minimum Gasteiger partial charge on any atom is -0.507 e. The van der Waals surface area contributed by atoms with Gasteiger partial charge in [-0.1, -0.05) is 53.7 Å². The van der Waals surface area contributed by atoms with Gasteiger partial charge in [0.15, 0.2) is 11.5 Å². The number of amidine groups is 1. The van der Waals surface area contributed by atoms with Crippen LogP contribution in [-0.4, -0.2) is 28.5 Å². The van der Waals surface area contributed by atoms with E-state index in [0.29, 0.717) is 11.4 Å². The van der Waals surface area contributed by atoms with Gasteiger partial charge in [0, 0.05) is 16.4 Å². The molecule has 0 radical (unpaired) electrons. The first-order valence-corrected chi connectivity index (χ1v) is 8.22. The van der Waals surface area contributed by atoms with Crippen LogP contribution < -0.4 is 5.43 Å².